The Morgan fingerprint density at radius 2 is 2.08 bits per heavy atom. The molecule has 0 aliphatic rings. The number of H-pyrrole nitrogens is 1. The number of carbonyl (C=O) groups is 1. The van der Waals surface area contributed by atoms with Crippen molar-refractivity contribution in [2.75, 3.05) is 0 Å². The predicted octanol–water partition coefficient (Wildman–Crippen LogP) is 3.02. The molecule has 0 saturated heterocycles. The van der Waals surface area contributed by atoms with Crippen molar-refractivity contribution in [2.45, 2.75) is 20.0 Å². The van der Waals surface area contributed by atoms with Gasteiger partial charge in [0.15, 0.2) is 0 Å². The van der Waals surface area contributed by atoms with Crippen molar-refractivity contribution in [3.05, 3.63) is 66.1 Å². The van der Waals surface area contributed by atoms with Crippen molar-refractivity contribution < 1.29 is 9.53 Å². The van der Waals surface area contributed by atoms with Crippen LogP contribution in [0.1, 0.15) is 29.9 Å². The lowest BCUT2D eigenvalue weighted by atomic mass is 10.1. The van der Waals surface area contributed by atoms with Crippen LogP contribution in [0.25, 0.3) is 11.3 Å². The molecular weight excluding hydrogens is 330 g/mol. The van der Waals surface area contributed by atoms with Gasteiger partial charge in [-0.05, 0) is 50.2 Å². The van der Waals surface area contributed by atoms with Gasteiger partial charge in [0, 0.05) is 23.5 Å². The molecule has 3 rings (SSSR count). The Morgan fingerprint density at radius 1 is 1.27 bits per heavy atom. The molecule has 0 saturated carbocycles. The highest BCUT2D eigenvalue weighted by atomic mass is 16.5. The number of nitrogens with one attached hydrogen (secondary N) is 2. The van der Waals surface area contributed by atoms with E-state index in [0.29, 0.717) is 11.4 Å². The number of carbonyl (C=O) groups excluding carboxylic acids is 1. The van der Waals surface area contributed by atoms with E-state index in [1.54, 1.807) is 24.5 Å². The van der Waals surface area contributed by atoms with Crippen LogP contribution in [0, 0.1) is 0 Å². The van der Waals surface area contributed by atoms with Crippen LogP contribution in [0.3, 0.4) is 0 Å². The summed E-state index contributed by atoms with van der Waals surface area (Å²) in [6.07, 6.45) is 4.96. The summed E-state index contributed by atoms with van der Waals surface area (Å²) in [5.74, 6) is 0.422. The first-order chi connectivity index (χ1) is 12.6. The number of hydrogen-bond donors (Lipinski definition) is 2. The van der Waals surface area contributed by atoms with Crippen LogP contribution in [0.2, 0.25) is 0 Å². The van der Waals surface area contributed by atoms with E-state index in [1.165, 1.54) is 6.21 Å². The highest BCUT2D eigenvalue weighted by Gasteiger charge is 2.10. The fourth-order valence-corrected chi connectivity index (χ4v) is 2.24. The van der Waals surface area contributed by atoms with Crippen molar-refractivity contribution in [3.8, 4) is 17.0 Å². The molecule has 2 aromatic heterocycles. The Balaban J connectivity index is 1.63. The smallest absolute Gasteiger partial charge is 0.289 e. The number of benzene rings is 1. The van der Waals surface area contributed by atoms with E-state index in [2.05, 4.69) is 25.7 Å². The molecule has 1 aromatic carbocycles. The van der Waals surface area contributed by atoms with Crippen LogP contribution < -0.4 is 10.2 Å². The minimum absolute atomic E-state index is 0.119. The third kappa shape index (κ3) is 4.54. The Bertz CT molecular complexity index is 886. The minimum atomic E-state index is -0.372. The maximum absolute atomic E-state index is 12.1. The van der Waals surface area contributed by atoms with E-state index in [-0.39, 0.29) is 12.0 Å². The second-order valence-electron chi connectivity index (χ2n) is 5.84. The molecule has 7 nitrogen and oxygen atoms in total. The largest absolute Gasteiger partial charge is 0.491 e. The van der Waals surface area contributed by atoms with Crippen LogP contribution in [0.4, 0.5) is 0 Å². The second-order valence-corrected chi connectivity index (χ2v) is 5.84. The third-order valence-corrected chi connectivity index (χ3v) is 3.41. The van der Waals surface area contributed by atoms with Gasteiger partial charge in [0.25, 0.3) is 5.91 Å². The Labute approximate surface area is 151 Å². The zero-order chi connectivity index (χ0) is 18.4. The standard InChI is InChI=1S/C19H19N5O2/c1-13(2)26-16-7-5-15(6-8-16)17-10-18(23-22-17)19(25)24-21-12-14-4-3-9-20-11-14/h3-13H,1-2H3,(H,22,23)(H,24,25). The summed E-state index contributed by atoms with van der Waals surface area (Å²) >= 11 is 0. The molecule has 132 valence electrons. The quantitative estimate of drug-likeness (QED) is 0.528. The van der Waals surface area contributed by atoms with Gasteiger partial charge < -0.3 is 4.74 Å². The lowest BCUT2D eigenvalue weighted by Crippen LogP contribution is -2.18. The van der Waals surface area contributed by atoms with Crippen molar-refractivity contribution in [1.29, 1.82) is 0 Å². The minimum Gasteiger partial charge on any atom is -0.491 e. The number of nitrogens with zero attached hydrogens (tertiary/aromatic N) is 3. The van der Waals surface area contributed by atoms with Crippen molar-refractivity contribution in [3.63, 3.8) is 0 Å². The van der Waals surface area contributed by atoms with Gasteiger partial charge in [0.1, 0.15) is 11.4 Å². The molecule has 0 radical (unpaired) electrons. The van der Waals surface area contributed by atoms with Crippen LogP contribution in [0.15, 0.2) is 60.0 Å². The van der Waals surface area contributed by atoms with Gasteiger partial charge in [-0.1, -0.05) is 6.07 Å². The van der Waals surface area contributed by atoms with E-state index in [1.807, 2.05) is 44.2 Å². The van der Waals surface area contributed by atoms with Crippen molar-refractivity contribution in [1.82, 2.24) is 20.6 Å². The molecule has 0 aliphatic carbocycles. The zero-order valence-corrected chi connectivity index (χ0v) is 14.5. The number of ether oxygens (including phenoxy) is 1. The normalized spacial score (nSPS) is 11.0. The summed E-state index contributed by atoms with van der Waals surface area (Å²) in [4.78, 5) is 16.1. The number of aromatic amines is 1. The lowest BCUT2D eigenvalue weighted by molar-refractivity contribution is 0.0950. The molecule has 0 atom stereocenters. The first-order valence-corrected chi connectivity index (χ1v) is 8.18. The number of hydrazone groups is 1. The molecule has 3 aromatic rings. The summed E-state index contributed by atoms with van der Waals surface area (Å²) in [5, 5.41) is 10.8. The molecular formula is C19H19N5O2. The van der Waals surface area contributed by atoms with E-state index >= 15 is 0 Å². The zero-order valence-electron chi connectivity index (χ0n) is 14.5. The fourth-order valence-electron chi connectivity index (χ4n) is 2.24. The van der Waals surface area contributed by atoms with E-state index in [4.69, 9.17) is 4.74 Å². The molecule has 7 heteroatoms. The summed E-state index contributed by atoms with van der Waals surface area (Å²) in [6.45, 7) is 3.95. The van der Waals surface area contributed by atoms with Gasteiger partial charge in [-0.3, -0.25) is 14.9 Å². The maximum Gasteiger partial charge on any atom is 0.289 e. The SMILES string of the molecule is CC(C)Oc1ccc(-c2cc(C(=O)NN=Cc3cccnc3)[nH]n2)cc1. The summed E-state index contributed by atoms with van der Waals surface area (Å²) in [6, 6.07) is 12.9. The van der Waals surface area contributed by atoms with Gasteiger partial charge in [-0.25, -0.2) is 5.43 Å². The molecule has 26 heavy (non-hydrogen) atoms. The molecule has 0 spiro atoms. The van der Waals surface area contributed by atoms with Gasteiger partial charge in [-0.15, -0.1) is 0 Å². The number of amides is 1. The van der Waals surface area contributed by atoms with Gasteiger partial charge in [0.2, 0.25) is 0 Å². The summed E-state index contributed by atoms with van der Waals surface area (Å²) in [7, 11) is 0. The van der Waals surface area contributed by atoms with E-state index in [9.17, 15) is 4.79 Å². The van der Waals surface area contributed by atoms with E-state index in [0.717, 1.165) is 16.9 Å². The number of rotatable bonds is 6. The first-order valence-electron chi connectivity index (χ1n) is 8.18. The second kappa shape index (κ2) is 8.06. The third-order valence-electron chi connectivity index (χ3n) is 3.41. The van der Waals surface area contributed by atoms with Gasteiger partial charge >= 0.3 is 0 Å². The maximum atomic E-state index is 12.1. The van der Waals surface area contributed by atoms with Crippen molar-refractivity contribution in [2.24, 2.45) is 5.10 Å². The van der Waals surface area contributed by atoms with E-state index < -0.39 is 0 Å². The average Bonchev–Trinajstić information content (AvgIpc) is 3.13. The van der Waals surface area contributed by atoms with Crippen LogP contribution in [-0.4, -0.2) is 33.4 Å². The predicted molar refractivity (Wildman–Crippen MR) is 99.1 cm³/mol. The molecule has 0 aliphatic heterocycles. The first kappa shape index (κ1) is 17.3. The number of hydrogen-bond acceptors (Lipinski definition) is 5. The van der Waals surface area contributed by atoms with Gasteiger partial charge in [0.05, 0.1) is 18.0 Å². The Hall–Kier alpha value is -3.48. The topological polar surface area (TPSA) is 92.3 Å². The average molecular weight is 349 g/mol. The fraction of sp³-hybridized carbons (Fsp3) is 0.158. The number of pyridine rings is 1. The van der Waals surface area contributed by atoms with Crippen molar-refractivity contribution >= 4 is 12.1 Å². The molecule has 0 unspecified atom stereocenters. The number of aromatic nitrogens is 3. The summed E-state index contributed by atoms with van der Waals surface area (Å²) < 4.78 is 5.62. The Kier molecular flexibility index (Phi) is 5.38. The molecule has 2 N–H and O–H groups in total. The monoisotopic (exact) mass is 349 g/mol. The van der Waals surface area contributed by atoms with Crippen LogP contribution >= 0.6 is 0 Å². The Morgan fingerprint density at radius 3 is 2.77 bits per heavy atom. The van der Waals surface area contributed by atoms with Gasteiger partial charge in [-0.2, -0.15) is 10.2 Å². The molecule has 0 fully saturated rings. The molecule has 2 heterocycles. The molecule has 0 bridgehead atoms. The highest BCUT2D eigenvalue weighted by Crippen LogP contribution is 2.21. The summed E-state index contributed by atoms with van der Waals surface area (Å²) in [5.41, 5.74) is 5.13. The van der Waals surface area contributed by atoms with Crippen LogP contribution in [0.5, 0.6) is 5.75 Å². The molecule has 1 amide bonds. The van der Waals surface area contributed by atoms with Crippen LogP contribution in [-0.2, 0) is 0 Å². The lowest BCUT2D eigenvalue weighted by Gasteiger charge is -2.09. The highest BCUT2D eigenvalue weighted by molar-refractivity contribution is 5.94.